The SMILES string of the molecule is Cc1c(S(=O)(=O)c2ccccc2)c(N)n(Cc2cccs2)c1C. The standard InChI is InChI=1S/C17H18N2O2S2/c1-12-13(2)19(11-14-7-6-10-22-14)17(18)16(12)23(20,21)15-8-4-3-5-9-15/h3-10H,11,18H2,1-2H3. The van der Waals surface area contributed by atoms with E-state index in [1.165, 1.54) is 0 Å². The second-order valence-electron chi connectivity index (χ2n) is 5.41. The highest BCUT2D eigenvalue weighted by atomic mass is 32.2. The van der Waals surface area contributed by atoms with Crippen LogP contribution in [0.15, 0.2) is 57.6 Å². The fourth-order valence-corrected chi connectivity index (χ4v) is 5.06. The predicted octanol–water partition coefficient (Wildman–Crippen LogP) is 3.63. The second kappa shape index (κ2) is 5.86. The molecule has 2 heterocycles. The molecule has 0 aliphatic carbocycles. The maximum Gasteiger partial charge on any atom is 0.210 e. The Morgan fingerprint density at radius 1 is 1.09 bits per heavy atom. The predicted molar refractivity (Wildman–Crippen MR) is 93.6 cm³/mol. The van der Waals surface area contributed by atoms with Crippen molar-refractivity contribution in [1.82, 2.24) is 4.57 Å². The summed E-state index contributed by atoms with van der Waals surface area (Å²) >= 11 is 1.63. The van der Waals surface area contributed by atoms with Gasteiger partial charge >= 0.3 is 0 Å². The molecule has 3 rings (SSSR count). The van der Waals surface area contributed by atoms with E-state index in [-0.39, 0.29) is 9.79 Å². The summed E-state index contributed by atoms with van der Waals surface area (Å²) < 4.78 is 27.8. The molecule has 0 aliphatic heterocycles. The first-order chi connectivity index (χ1) is 10.9. The van der Waals surface area contributed by atoms with Crippen molar-refractivity contribution >= 4 is 27.0 Å². The molecule has 0 saturated carbocycles. The maximum absolute atomic E-state index is 13.0. The highest BCUT2D eigenvalue weighted by molar-refractivity contribution is 7.91. The summed E-state index contributed by atoms with van der Waals surface area (Å²) in [7, 11) is -3.62. The lowest BCUT2D eigenvalue weighted by Crippen LogP contribution is -2.09. The fourth-order valence-electron chi connectivity index (χ4n) is 2.68. The summed E-state index contributed by atoms with van der Waals surface area (Å²) in [5.74, 6) is 0.303. The van der Waals surface area contributed by atoms with Gasteiger partial charge in [0.05, 0.1) is 11.4 Å². The van der Waals surface area contributed by atoms with Gasteiger partial charge in [-0.15, -0.1) is 11.3 Å². The largest absolute Gasteiger partial charge is 0.384 e. The van der Waals surface area contributed by atoms with Crippen molar-refractivity contribution in [2.45, 2.75) is 30.2 Å². The maximum atomic E-state index is 13.0. The molecular formula is C17H18N2O2S2. The third kappa shape index (κ3) is 2.68. The molecule has 3 aromatic rings. The minimum Gasteiger partial charge on any atom is -0.384 e. The van der Waals surface area contributed by atoms with E-state index in [1.54, 1.807) is 41.7 Å². The molecule has 0 radical (unpaired) electrons. The van der Waals surface area contributed by atoms with Crippen molar-refractivity contribution in [3.05, 3.63) is 64.0 Å². The van der Waals surface area contributed by atoms with Crippen LogP contribution in [0.5, 0.6) is 0 Å². The summed E-state index contributed by atoms with van der Waals surface area (Å²) in [5.41, 5.74) is 7.82. The number of nitrogen functional groups attached to an aromatic ring is 1. The molecule has 0 bridgehead atoms. The Bertz CT molecular complexity index is 925. The average molecular weight is 346 g/mol. The van der Waals surface area contributed by atoms with Gasteiger partial charge in [-0.3, -0.25) is 0 Å². The van der Waals surface area contributed by atoms with Gasteiger partial charge in [0.15, 0.2) is 0 Å². The number of nitrogens with two attached hydrogens (primary N) is 1. The molecule has 0 aliphatic rings. The van der Waals surface area contributed by atoms with Crippen LogP contribution in [0, 0.1) is 13.8 Å². The van der Waals surface area contributed by atoms with E-state index in [9.17, 15) is 8.42 Å². The highest BCUT2D eigenvalue weighted by Crippen LogP contribution is 2.34. The minimum atomic E-state index is -3.62. The Balaban J connectivity index is 2.14. The second-order valence-corrected chi connectivity index (χ2v) is 8.33. The molecule has 4 nitrogen and oxygen atoms in total. The van der Waals surface area contributed by atoms with E-state index in [2.05, 4.69) is 0 Å². The van der Waals surface area contributed by atoms with E-state index >= 15 is 0 Å². The van der Waals surface area contributed by atoms with E-state index < -0.39 is 9.84 Å². The third-order valence-electron chi connectivity index (χ3n) is 4.03. The van der Waals surface area contributed by atoms with Crippen molar-refractivity contribution < 1.29 is 8.42 Å². The van der Waals surface area contributed by atoms with Gasteiger partial charge in [0.25, 0.3) is 0 Å². The van der Waals surface area contributed by atoms with E-state index in [0.29, 0.717) is 17.9 Å². The number of anilines is 1. The summed E-state index contributed by atoms with van der Waals surface area (Å²) in [4.78, 5) is 1.62. The number of thiophene rings is 1. The van der Waals surface area contributed by atoms with Crippen molar-refractivity contribution in [3.63, 3.8) is 0 Å². The minimum absolute atomic E-state index is 0.220. The van der Waals surface area contributed by atoms with Crippen LogP contribution in [0.4, 0.5) is 5.82 Å². The zero-order chi connectivity index (χ0) is 16.6. The lowest BCUT2D eigenvalue weighted by atomic mass is 10.3. The number of sulfone groups is 1. The molecule has 0 unspecified atom stereocenters. The van der Waals surface area contributed by atoms with Gasteiger partial charge < -0.3 is 10.3 Å². The molecule has 120 valence electrons. The lowest BCUT2D eigenvalue weighted by Gasteiger charge is -2.08. The summed E-state index contributed by atoms with van der Waals surface area (Å²) in [6.45, 7) is 4.30. The van der Waals surface area contributed by atoms with Gasteiger partial charge in [0.1, 0.15) is 10.7 Å². The smallest absolute Gasteiger partial charge is 0.210 e. The van der Waals surface area contributed by atoms with E-state index in [0.717, 1.165) is 10.6 Å². The van der Waals surface area contributed by atoms with Gasteiger partial charge in [-0.05, 0) is 43.0 Å². The molecular weight excluding hydrogens is 328 g/mol. The van der Waals surface area contributed by atoms with Gasteiger partial charge in [-0.2, -0.15) is 0 Å². The van der Waals surface area contributed by atoms with Crippen LogP contribution >= 0.6 is 11.3 Å². The van der Waals surface area contributed by atoms with Crippen molar-refractivity contribution in [1.29, 1.82) is 0 Å². The lowest BCUT2D eigenvalue weighted by molar-refractivity contribution is 0.596. The first-order valence-corrected chi connectivity index (χ1v) is 9.57. The molecule has 0 fully saturated rings. The molecule has 1 aromatic carbocycles. The third-order valence-corrected chi connectivity index (χ3v) is 6.83. The van der Waals surface area contributed by atoms with Crippen LogP contribution in [-0.2, 0) is 16.4 Å². The Morgan fingerprint density at radius 3 is 2.39 bits per heavy atom. The first-order valence-electron chi connectivity index (χ1n) is 7.20. The van der Waals surface area contributed by atoms with Crippen LogP contribution in [-0.4, -0.2) is 13.0 Å². The first kappa shape index (κ1) is 15.8. The molecule has 23 heavy (non-hydrogen) atoms. The zero-order valence-electron chi connectivity index (χ0n) is 13.0. The number of benzene rings is 1. The number of nitrogens with zero attached hydrogens (tertiary/aromatic N) is 1. The van der Waals surface area contributed by atoms with Gasteiger partial charge in [0.2, 0.25) is 9.84 Å². The van der Waals surface area contributed by atoms with Crippen molar-refractivity contribution in [3.8, 4) is 0 Å². The molecule has 0 atom stereocenters. The van der Waals surface area contributed by atoms with Crippen LogP contribution in [0.2, 0.25) is 0 Å². The zero-order valence-corrected chi connectivity index (χ0v) is 14.6. The summed E-state index contributed by atoms with van der Waals surface area (Å²) in [5, 5.41) is 2.00. The molecule has 0 amide bonds. The number of rotatable bonds is 4. The average Bonchev–Trinajstić information content (AvgIpc) is 3.12. The van der Waals surface area contributed by atoms with Crippen LogP contribution in [0.25, 0.3) is 0 Å². The summed E-state index contributed by atoms with van der Waals surface area (Å²) in [6.07, 6.45) is 0. The van der Waals surface area contributed by atoms with E-state index in [4.69, 9.17) is 5.73 Å². The monoisotopic (exact) mass is 346 g/mol. The molecule has 0 spiro atoms. The summed E-state index contributed by atoms with van der Waals surface area (Å²) in [6, 6.07) is 12.4. The number of hydrogen-bond acceptors (Lipinski definition) is 4. The van der Waals surface area contributed by atoms with Crippen LogP contribution in [0.1, 0.15) is 16.1 Å². The Labute approximate surface area is 140 Å². The Morgan fingerprint density at radius 2 is 1.78 bits per heavy atom. The topological polar surface area (TPSA) is 65.1 Å². The van der Waals surface area contributed by atoms with Gasteiger partial charge in [0, 0.05) is 10.6 Å². The number of hydrogen-bond donors (Lipinski definition) is 1. The van der Waals surface area contributed by atoms with Crippen LogP contribution < -0.4 is 5.73 Å². The van der Waals surface area contributed by atoms with Crippen molar-refractivity contribution in [2.24, 2.45) is 0 Å². The van der Waals surface area contributed by atoms with Crippen LogP contribution in [0.3, 0.4) is 0 Å². The van der Waals surface area contributed by atoms with Gasteiger partial charge in [-0.1, -0.05) is 24.3 Å². The fraction of sp³-hybridized carbons (Fsp3) is 0.176. The molecule has 2 aromatic heterocycles. The quantitative estimate of drug-likeness (QED) is 0.784. The van der Waals surface area contributed by atoms with Crippen molar-refractivity contribution in [2.75, 3.05) is 5.73 Å². The molecule has 0 saturated heterocycles. The molecule has 6 heteroatoms. The Hall–Kier alpha value is -2.05. The molecule has 2 N–H and O–H groups in total. The van der Waals surface area contributed by atoms with Gasteiger partial charge in [-0.25, -0.2) is 8.42 Å². The Kier molecular flexibility index (Phi) is 4.04. The van der Waals surface area contributed by atoms with E-state index in [1.807, 2.05) is 35.9 Å². The number of aromatic nitrogens is 1. The normalized spacial score (nSPS) is 11.7. The highest BCUT2D eigenvalue weighted by Gasteiger charge is 2.28.